The van der Waals surface area contributed by atoms with Gasteiger partial charge in [-0.25, -0.2) is 0 Å². The number of benzene rings is 19. The molecule has 0 aromatic heterocycles. The van der Waals surface area contributed by atoms with Crippen LogP contribution < -0.4 is 115 Å². The first-order valence-electron chi connectivity index (χ1n) is 48.1. The molecule has 750 valence electrons. The molecule has 0 amide bonds. The van der Waals surface area contributed by atoms with Gasteiger partial charge in [0.25, 0.3) is 0 Å². The van der Waals surface area contributed by atoms with Crippen molar-refractivity contribution in [1.29, 1.82) is 0 Å². The Morgan fingerprint density at radius 1 is 0.0867 bits per heavy atom. The summed E-state index contributed by atoms with van der Waals surface area (Å²) < 4.78 is 116. The summed E-state index contributed by atoms with van der Waals surface area (Å²) in [5, 5.41) is 0. The highest BCUT2D eigenvalue weighted by atomic mass is 16.6. The van der Waals surface area contributed by atoms with Crippen LogP contribution in [0.5, 0.6) is 138 Å². The Morgan fingerprint density at radius 3 is 0.207 bits per heavy atom. The molecule has 0 aliphatic heterocycles. The lowest BCUT2D eigenvalue weighted by atomic mass is 10.1. The molecule has 19 aromatic rings. The lowest BCUT2D eigenvalue weighted by Gasteiger charge is -2.28. The van der Waals surface area contributed by atoms with Gasteiger partial charge in [-0.2, -0.15) is 0 Å². The Balaban J connectivity index is 0.884. The molecule has 0 unspecified atom stereocenters. The smallest absolute Gasteiger partial charge is 0.220 e. The Bertz CT molecular complexity index is 6160. The first-order chi connectivity index (χ1) is 73.7. The number of ether oxygens (including phenoxy) is 18. The minimum atomic E-state index is -0.0554. The third-order valence-electron chi connectivity index (χ3n) is 25.1. The van der Waals surface area contributed by atoms with Crippen LogP contribution in [0.3, 0.4) is 0 Å². The number of nitrogens with zero attached hydrogens (tertiary/aromatic N) is 6. The first kappa shape index (κ1) is 99.1. The average Bonchev–Trinajstić information content (AvgIpc) is 0.742. The van der Waals surface area contributed by atoms with E-state index in [2.05, 4.69) is 29.4 Å². The monoisotopic (exact) mass is 1990 g/mol. The number of anilines is 18. The molecule has 0 spiro atoms. The van der Waals surface area contributed by atoms with Gasteiger partial charge in [-0.15, -0.1) is 0 Å². The fraction of sp³-hybridized carbons (Fsp3) is 0.0952. The zero-order chi connectivity index (χ0) is 103. The molecular weight excluding hydrogens is 1890 g/mol. The van der Waals surface area contributed by atoms with Gasteiger partial charge in [0, 0.05) is 102 Å². The van der Waals surface area contributed by atoms with E-state index in [1.54, 1.807) is 85.3 Å². The summed E-state index contributed by atoms with van der Waals surface area (Å²) in [6.45, 7) is 0. The maximum Gasteiger partial charge on any atom is 0.220 e. The Labute approximate surface area is 871 Å². The van der Waals surface area contributed by atoms with Crippen LogP contribution >= 0.6 is 0 Å². The van der Waals surface area contributed by atoms with E-state index in [0.29, 0.717) is 103 Å². The standard InChI is InChI=1S/C126H108N6O18/c1-133-103-49-13-85(14-50-103)127(86-15-51-104(134-2)52-16-86)97-37-73-115(74-38-97)145-121-122(146-116-75-39-98(40-76-116)128(87-17-53-105(135-3)54-18-87)88-19-55-106(136-4)56-20-88)124(148-118-79-43-100(44-80-118)130(91-25-61-109(139-7)62-26-91)92-27-63-110(140-8)64-28-92)126(150-120-83-47-102(48-84-120)132(95-33-69-113(143-11)70-34-95)96-35-71-114(144-12)72-36-96)125(149-119-81-45-101(46-82-119)131(93-29-65-111(141-9)66-30-93)94-31-67-112(142-10)68-32-94)123(121)147-117-77-41-99(42-78-117)129(89-21-57-107(137-5)58-22-89)90-23-59-108(138-6)60-24-90/h13-84H,1-12H3. The Morgan fingerprint density at radius 2 is 0.147 bits per heavy atom. The molecule has 0 radical (unpaired) electrons. The molecule has 24 heteroatoms. The number of hydrogen-bond donors (Lipinski definition) is 0. The van der Waals surface area contributed by atoms with Crippen LogP contribution in [0.1, 0.15) is 0 Å². The van der Waals surface area contributed by atoms with Gasteiger partial charge >= 0.3 is 0 Å². The van der Waals surface area contributed by atoms with Crippen LogP contribution in [0.2, 0.25) is 0 Å². The van der Waals surface area contributed by atoms with E-state index in [4.69, 9.17) is 85.3 Å². The lowest BCUT2D eigenvalue weighted by molar-refractivity contribution is 0.326. The quantitative estimate of drug-likeness (QED) is 0.0351. The van der Waals surface area contributed by atoms with Crippen LogP contribution in [0, 0.1) is 0 Å². The maximum absolute atomic E-state index is 7.86. The third kappa shape index (κ3) is 22.5. The highest BCUT2D eigenvalue weighted by Gasteiger charge is 2.37. The van der Waals surface area contributed by atoms with Gasteiger partial charge < -0.3 is 115 Å². The second-order valence-electron chi connectivity index (χ2n) is 33.9. The van der Waals surface area contributed by atoms with Gasteiger partial charge in [0.2, 0.25) is 34.5 Å². The third-order valence-corrected chi connectivity index (χ3v) is 25.1. The average molecular weight is 1990 g/mol. The van der Waals surface area contributed by atoms with E-state index in [9.17, 15) is 0 Å². The SMILES string of the molecule is COc1ccc(N(c2ccc(OC)cc2)c2ccc(Oc3c(Oc4ccc(N(c5ccc(OC)cc5)c5ccc(OC)cc5)cc4)c(Oc4ccc(N(c5ccc(OC)cc5)c5ccc(OC)cc5)cc4)c(Oc4ccc(N(c5ccc(OC)cc5)c5ccc(OC)cc5)cc4)c(Oc4ccc(N(c5ccc(OC)cc5)c5ccc(OC)cc5)cc4)c3Oc3ccc(N(c4ccc(OC)cc4)c4ccc(OC)cc4)cc3)cc2)cc1. The Kier molecular flexibility index (Phi) is 30.7. The van der Waals surface area contributed by atoms with Gasteiger partial charge in [-0.3, -0.25) is 0 Å². The molecule has 0 fully saturated rings. The van der Waals surface area contributed by atoms with Crippen molar-refractivity contribution in [3.8, 4) is 138 Å². The first-order valence-corrected chi connectivity index (χ1v) is 48.1. The van der Waals surface area contributed by atoms with Crippen LogP contribution in [-0.2, 0) is 0 Å². The Hall–Kier alpha value is -19.6. The van der Waals surface area contributed by atoms with Crippen molar-refractivity contribution >= 4 is 102 Å². The fourth-order valence-corrected chi connectivity index (χ4v) is 17.3. The number of hydrogen-bond acceptors (Lipinski definition) is 24. The molecule has 150 heavy (non-hydrogen) atoms. The highest BCUT2D eigenvalue weighted by Crippen LogP contribution is 2.64. The molecular formula is C126H108N6O18. The van der Waals surface area contributed by atoms with E-state index >= 15 is 0 Å². The molecule has 0 atom stereocenters. The summed E-state index contributed by atoms with van der Waals surface area (Å²) in [6, 6.07) is 141. The van der Waals surface area contributed by atoms with Crippen molar-refractivity contribution in [2.75, 3.05) is 115 Å². The number of rotatable bonds is 42. The van der Waals surface area contributed by atoms with Crippen molar-refractivity contribution in [3.63, 3.8) is 0 Å². The predicted molar refractivity (Wildman–Crippen MR) is 592 cm³/mol. The summed E-state index contributed by atoms with van der Waals surface area (Å²) in [6.07, 6.45) is 0. The molecule has 0 N–H and O–H groups in total. The fourth-order valence-electron chi connectivity index (χ4n) is 17.3. The normalized spacial score (nSPS) is 10.8. The topological polar surface area (TPSA) is 186 Å². The summed E-state index contributed by atoms with van der Waals surface area (Å²) in [7, 11) is 19.8. The number of methoxy groups -OCH3 is 12. The van der Waals surface area contributed by atoms with Gasteiger partial charge in [0.05, 0.1) is 85.3 Å². The van der Waals surface area contributed by atoms with Gasteiger partial charge in [0.15, 0.2) is 0 Å². The van der Waals surface area contributed by atoms with E-state index in [-0.39, 0.29) is 34.5 Å². The molecule has 19 aromatic carbocycles. The van der Waals surface area contributed by atoms with E-state index in [1.165, 1.54) is 0 Å². The molecule has 19 rings (SSSR count). The van der Waals surface area contributed by atoms with Crippen LogP contribution in [0.25, 0.3) is 0 Å². The minimum Gasteiger partial charge on any atom is -0.497 e. The van der Waals surface area contributed by atoms with E-state index in [0.717, 1.165) is 102 Å². The zero-order valence-corrected chi connectivity index (χ0v) is 84.6. The summed E-state index contributed by atoms with van der Waals surface area (Å²) in [5.41, 5.74) is 14.5. The summed E-state index contributed by atoms with van der Waals surface area (Å²) >= 11 is 0. The molecule has 0 saturated carbocycles. The molecule has 0 aliphatic carbocycles. The van der Waals surface area contributed by atoms with E-state index < -0.39 is 0 Å². The van der Waals surface area contributed by atoms with Crippen LogP contribution in [0.4, 0.5) is 102 Å². The maximum atomic E-state index is 7.86. The summed E-state index contributed by atoms with van der Waals surface area (Å²) in [5.74, 6) is 9.68. The van der Waals surface area contributed by atoms with Crippen LogP contribution in [0.15, 0.2) is 437 Å². The van der Waals surface area contributed by atoms with Crippen molar-refractivity contribution < 1.29 is 85.3 Å². The van der Waals surface area contributed by atoms with Gasteiger partial charge in [-0.1, -0.05) is 0 Å². The van der Waals surface area contributed by atoms with Crippen molar-refractivity contribution in [1.82, 2.24) is 0 Å². The van der Waals surface area contributed by atoms with E-state index in [1.807, 2.05) is 437 Å². The molecule has 0 saturated heterocycles. The highest BCUT2D eigenvalue weighted by molar-refractivity contribution is 5.86. The van der Waals surface area contributed by atoms with Gasteiger partial charge in [-0.05, 0) is 437 Å². The molecule has 0 heterocycles. The van der Waals surface area contributed by atoms with Crippen molar-refractivity contribution in [2.45, 2.75) is 0 Å². The summed E-state index contributed by atoms with van der Waals surface area (Å²) in [4.78, 5) is 12.7. The molecule has 0 aliphatic rings. The predicted octanol–water partition coefficient (Wildman–Crippen LogP) is 33.4. The second kappa shape index (κ2) is 46.4. The van der Waals surface area contributed by atoms with Gasteiger partial charge in [0.1, 0.15) is 103 Å². The largest absolute Gasteiger partial charge is 0.497 e. The van der Waals surface area contributed by atoms with Crippen molar-refractivity contribution in [3.05, 3.63) is 437 Å². The minimum absolute atomic E-state index is 0.0554. The van der Waals surface area contributed by atoms with Crippen LogP contribution in [-0.4, -0.2) is 85.3 Å². The zero-order valence-electron chi connectivity index (χ0n) is 84.6. The van der Waals surface area contributed by atoms with Crippen molar-refractivity contribution in [2.24, 2.45) is 0 Å². The molecule has 24 nitrogen and oxygen atoms in total. The molecule has 0 bridgehead atoms. The second-order valence-corrected chi connectivity index (χ2v) is 33.9. The lowest BCUT2D eigenvalue weighted by Crippen LogP contribution is -2.10.